The largest absolute Gasteiger partial charge is 0.464 e. The topological polar surface area (TPSA) is 173 Å². The Labute approximate surface area is 367 Å². The van der Waals surface area contributed by atoms with Gasteiger partial charge >= 0.3 is 5.97 Å². The van der Waals surface area contributed by atoms with Crippen LogP contribution in [-0.4, -0.2) is 122 Å². The van der Waals surface area contributed by atoms with Crippen LogP contribution in [0.3, 0.4) is 0 Å². The zero-order chi connectivity index (χ0) is 44.9. The first-order valence-corrected chi connectivity index (χ1v) is 22.1. The first kappa shape index (κ1) is 43.8. The van der Waals surface area contributed by atoms with Crippen LogP contribution in [-0.2, 0) is 46.5 Å². The van der Waals surface area contributed by atoms with Crippen molar-refractivity contribution in [2.75, 3.05) is 40.4 Å². The van der Waals surface area contributed by atoms with Gasteiger partial charge in [0, 0.05) is 86.1 Å². The number of ether oxygens (including phenoxy) is 2. The smallest absolute Gasteiger partial charge is 0.324 e. The Balaban J connectivity index is 1.18. The van der Waals surface area contributed by atoms with Gasteiger partial charge in [-0.05, 0) is 73.6 Å². The van der Waals surface area contributed by atoms with E-state index in [2.05, 4.69) is 66.9 Å². The molecule has 63 heavy (non-hydrogen) atoms. The molecular weight excluding hydrogens is 803 g/mol. The number of amides is 4. The second-order valence-electron chi connectivity index (χ2n) is 18.3. The van der Waals surface area contributed by atoms with Crippen LogP contribution < -0.4 is 10.7 Å². The van der Waals surface area contributed by atoms with Gasteiger partial charge in [-0.25, -0.2) is 5.43 Å². The molecule has 0 saturated carbocycles. The van der Waals surface area contributed by atoms with Crippen LogP contribution in [0.1, 0.15) is 77.2 Å². The second kappa shape index (κ2) is 17.4. The van der Waals surface area contributed by atoms with E-state index in [1.807, 2.05) is 26.1 Å². The number of aromatic nitrogens is 4. The van der Waals surface area contributed by atoms with Gasteiger partial charge in [-0.1, -0.05) is 40.3 Å². The number of likely N-dealkylation sites (tertiary alicyclic amines) is 1. The van der Waals surface area contributed by atoms with E-state index in [9.17, 15) is 24.0 Å². The van der Waals surface area contributed by atoms with Crippen molar-refractivity contribution in [1.29, 1.82) is 0 Å². The highest BCUT2D eigenvalue weighted by Gasteiger charge is 2.48. The molecule has 1 unspecified atom stereocenters. The minimum atomic E-state index is -1.13. The monoisotopic (exact) mass is 861 g/mol. The van der Waals surface area contributed by atoms with Crippen LogP contribution in [0, 0.1) is 17.3 Å². The number of nitrogens with one attached hydrogen (secondary N) is 2. The molecule has 16 heteroatoms. The summed E-state index contributed by atoms with van der Waals surface area (Å²) in [7, 11) is 3.29. The molecule has 1 aromatic carbocycles. The molecule has 4 aromatic rings. The highest BCUT2D eigenvalue weighted by atomic mass is 16.5. The molecule has 16 nitrogen and oxygen atoms in total. The standard InChI is InChI=1S/C47H59N9O7/c1-9-36(57)53-20-17-29(23-53)44(59)52(7)40(27(3)4)43(58)50-34-25-54-24-30(22-49-54)28-15-16-35-32(21-28)37-38(42(62-8)39-31(13-11-18-48-39)41(37)55(35)10-2)47(5,6)26-63-46(61)33-14-12-19-56(51-33)45(34)60/h9,11,13,15-16,18,21-22,24,27,29,33-34,38,40,42,51H,1,10,12,14,17,19-20,23,25-26H2,2-8H3,(H,50,58)/t29-,33-,34-,38?,40-,42-/m0/s1. The predicted molar refractivity (Wildman–Crippen MR) is 235 cm³/mol. The van der Waals surface area contributed by atoms with Gasteiger partial charge in [-0.2, -0.15) is 5.10 Å². The Morgan fingerprint density at radius 3 is 2.65 bits per heavy atom. The fourth-order valence-electron chi connectivity index (χ4n) is 10.3. The third-order valence-corrected chi connectivity index (χ3v) is 13.5. The molecule has 334 valence electrons. The molecule has 2 saturated heterocycles. The van der Waals surface area contributed by atoms with E-state index in [4.69, 9.17) is 19.6 Å². The van der Waals surface area contributed by atoms with Crippen LogP contribution in [0.5, 0.6) is 0 Å². The van der Waals surface area contributed by atoms with Gasteiger partial charge in [-0.15, -0.1) is 0 Å². The van der Waals surface area contributed by atoms with Gasteiger partial charge in [0.1, 0.15) is 24.2 Å². The van der Waals surface area contributed by atoms with Crippen LogP contribution in [0.4, 0.5) is 0 Å². The number of fused-ring (bicyclic) bond motifs is 8. The van der Waals surface area contributed by atoms with Crippen molar-refractivity contribution in [1.82, 2.24) is 44.9 Å². The van der Waals surface area contributed by atoms with Crippen LogP contribution in [0.15, 0.2) is 61.6 Å². The number of carbonyl (C=O) groups is 5. The molecular formula is C47H59N9O7. The Bertz CT molecular complexity index is 2450. The molecule has 1 aliphatic carbocycles. The highest BCUT2D eigenvalue weighted by Crippen LogP contribution is 2.57. The first-order chi connectivity index (χ1) is 30.2. The number of hydrogen-bond acceptors (Lipinski definition) is 10. The minimum Gasteiger partial charge on any atom is -0.464 e. The molecule has 6 heterocycles. The zero-order valence-electron chi connectivity index (χ0n) is 37.3. The van der Waals surface area contributed by atoms with Crippen molar-refractivity contribution < 1.29 is 33.4 Å². The van der Waals surface area contributed by atoms with Gasteiger partial charge in [0.05, 0.1) is 36.7 Å². The molecule has 2 fully saturated rings. The number of esters is 1. The van der Waals surface area contributed by atoms with Gasteiger partial charge in [0.25, 0.3) is 5.91 Å². The summed E-state index contributed by atoms with van der Waals surface area (Å²) in [5.74, 6) is -3.00. The molecule has 0 spiro atoms. The summed E-state index contributed by atoms with van der Waals surface area (Å²) in [6.45, 7) is 15.3. The molecule has 8 rings (SSSR count). The maximum atomic E-state index is 14.6. The Morgan fingerprint density at radius 1 is 1.13 bits per heavy atom. The molecule has 3 aliphatic heterocycles. The number of carbonyl (C=O) groups excluding carboxylic acids is 5. The summed E-state index contributed by atoms with van der Waals surface area (Å²) < 4.78 is 16.5. The van der Waals surface area contributed by atoms with Crippen molar-refractivity contribution in [3.05, 3.63) is 72.8 Å². The van der Waals surface area contributed by atoms with Crippen LogP contribution in [0.2, 0.25) is 0 Å². The van der Waals surface area contributed by atoms with Gasteiger partial charge in [0.2, 0.25) is 17.7 Å². The van der Waals surface area contributed by atoms with Crippen LogP contribution in [0.25, 0.3) is 33.3 Å². The average molecular weight is 862 g/mol. The number of nitrogens with zero attached hydrogens (tertiary/aromatic N) is 7. The summed E-state index contributed by atoms with van der Waals surface area (Å²) >= 11 is 0. The number of cyclic esters (lactones) is 1. The highest BCUT2D eigenvalue weighted by molar-refractivity contribution is 5.97. The number of methoxy groups -OCH3 is 1. The number of pyridine rings is 1. The molecule has 4 aliphatic rings. The lowest BCUT2D eigenvalue weighted by atomic mass is 9.67. The van der Waals surface area contributed by atoms with Gasteiger partial charge in [0.15, 0.2) is 0 Å². The van der Waals surface area contributed by atoms with Crippen molar-refractivity contribution >= 4 is 40.5 Å². The fraction of sp³-hybridized carbons (Fsp3) is 0.511. The number of hydrogen-bond donors (Lipinski definition) is 2. The normalized spacial score (nSPS) is 23.8. The van der Waals surface area contributed by atoms with E-state index in [1.165, 1.54) is 16.0 Å². The minimum absolute atomic E-state index is 0.0268. The van der Waals surface area contributed by atoms with Crippen molar-refractivity contribution in [2.24, 2.45) is 17.3 Å². The zero-order valence-corrected chi connectivity index (χ0v) is 37.3. The third-order valence-electron chi connectivity index (χ3n) is 13.5. The average Bonchev–Trinajstić information content (AvgIpc) is 4.04. The summed E-state index contributed by atoms with van der Waals surface area (Å²) in [6, 6.07) is 7.55. The molecule has 0 radical (unpaired) electrons. The van der Waals surface area contributed by atoms with E-state index >= 15 is 0 Å². The maximum absolute atomic E-state index is 14.6. The van der Waals surface area contributed by atoms with E-state index in [1.54, 1.807) is 36.1 Å². The van der Waals surface area contributed by atoms with Crippen molar-refractivity contribution in [3.8, 4) is 22.4 Å². The van der Waals surface area contributed by atoms with Gasteiger partial charge in [-0.3, -0.25) is 38.6 Å². The van der Waals surface area contributed by atoms with Crippen molar-refractivity contribution in [3.63, 3.8) is 0 Å². The summed E-state index contributed by atoms with van der Waals surface area (Å²) in [5, 5.41) is 10.1. The number of hydrazine groups is 1. The Kier molecular flexibility index (Phi) is 12.1. The molecule has 2 N–H and O–H groups in total. The van der Waals surface area contributed by atoms with Crippen molar-refractivity contribution in [2.45, 2.75) is 97.1 Å². The first-order valence-electron chi connectivity index (χ1n) is 22.1. The summed E-state index contributed by atoms with van der Waals surface area (Å²) in [5.41, 5.74) is 9.27. The third kappa shape index (κ3) is 7.92. The maximum Gasteiger partial charge on any atom is 0.324 e. The number of aryl methyl sites for hydroxylation is 1. The lowest BCUT2D eigenvalue weighted by molar-refractivity contribution is -0.156. The number of rotatable bonds is 8. The summed E-state index contributed by atoms with van der Waals surface area (Å²) in [4.78, 5) is 77.1. The molecule has 6 bridgehead atoms. The number of likely N-dealkylation sites (N-methyl/N-ethyl adjacent to an activating group) is 1. The Morgan fingerprint density at radius 2 is 1.92 bits per heavy atom. The fourth-order valence-corrected chi connectivity index (χ4v) is 10.3. The molecule has 3 aromatic heterocycles. The van der Waals surface area contributed by atoms with E-state index < -0.39 is 53.3 Å². The van der Waals surface area contributed by atoms with E-state index in [-0.39, 0.29) is 43.3 Å². The summed E-state index contributed by atoms with van der Waals surface area (Å²) in [6.07, 6.45) is 7.65. The van der Waals surface area contributed by atoms with Gasteiger partial charge < -0.3 is 29.2 Å². The Hall–Kier alpha value is -5.87. The lowest BCUT2D eigenvalue weighted by Gasteiger charge is -2.42. The number of benzene rings is 1. The second-order valence-corrected chi connectivity index (χ2v) is 18.3. The molecule has 6 atom stereocenters. The SMILES string of the molecule is C=CC(=O)N1CC[C@H](C(=O)N(C)[C@H](C(=O)N[C@H]2Cn3cc(cn3)-c3ccc4c(c3)c3c(n4CC)-c4cccnc4[C@@H](OC)C3C(C)(C)COC(=O)[C@@H]3CCCN(N3)C2=O)C(C)C)C1. The lowest BCUT2D eigenvalue weighted by Crippen LogP contribution is -2.62. The quantitative estimate of drug-likeness (QED) is 0.191. The van der Waals surface area contributed by atoms with E-state index in [0.29, 0.717) is 38.9 Å². The van der Waals surface area contributed by atoms with Crippen LogP contribution >= 0.6 is 0 Å². The molecule has 4 amide bonds. The predicted octanol–water partition coefficient (Wildman–Crippen LogP) is 4.45. The van der Waals surface area contributed by atoms with E-state index in [0.717, 1.165) is 44.5 Å².